The summed E-state index contributed by atoms with van der Waals surface area (Å²) < 4.78 is 5.53. The molecule has 1 atom stereocenters. The number of nitrogens with one attached hydrogen (secondary N) is 1. The molecule has 4 nitrogen and oxygen atoms in total. The molecule has 29 heavy (non-hydrogen) atoms. The van der Waals surface area contributed by atoms with Crippen LogP contribution in [0.25, 0.3) is 11.5 Å². The van der Waals surface area contributed by atoms with Crippen molar-refractivity contribution in [2.24, 2.45) is 0 Å². The molecular formula is C24H19ClN2O2. The van der Waals surface area contributed by atoms with E-state index in [0.717, 1.165) is 16.7 Å². The molecule has 1 unspecified atom stereocenters. The second-order valence-corrected chi connectivity index (χ2v) is 7.09. The summed E-state index contributed by atoms with van der Waals surface area (Å²) in [5, 5.41) is 3.72. The maximum absolute atomic E-state index is 12.8. The molecule has 1 N–H and O–H groups in total. The Kier molecular flexibility index (Phi) is 5.73. The van der Waals surface area contributed by atoms with Crippen molar-refractivity contribution in [2.45, 2.75) is 12.5 Å². The Balaban J connectivity index is 1.52. The van der Waals surface area contributed by atoms with Gasteiger partial charge in [-0.2, -0.15) is 0 Å². The average molecular weight is 403 g/mol. The molecule has 0 saturated heterocycles. The Hall–Kier alpha value is -3.37. The first-order valence-corrected chi connectivity index (χ1v) is 9.66. The Morgan fingerprint density at radius 2 is 1.62 bits per heavy atom. The lowest BCUT2D eigenvalue weighted by Gasteiger charge is -2.20. The fraction of sp³-hybridized carbons (Fsp3) is 0.0833. The summed E-state index contributed by atoms with van der Waals surface area (Å²) >= 11 is 6.17. The highest BCUT2D eigenvalue weighted by Crippen LogP contribution is 2.25. The fourth-order valence-electron chi connectivity index (χ4n) is 3.17. The predicted molar refractivity (Wildman–Crippen MR) is 114 cm³/mol. The van der Waals surface area contributed by atoms with Crippen LogP contribution in [0.15, 0.2) is 95.6 Å². The zero-order valence-electron chi connectivity index (χ0n) is 15.6. The predicted octanol–water partition coefficient (Wildman–Crippen LogP) is 5.44. The normalized spacial score (nSPS) is 11.8. The summed E-state index contributed by atoms with van der Waals surface area (Å²) in [7, 11) is 0. The van der Waals surface area contributed by atoms with Gasteiger partial charge in [-0.3, -0.25) is 4.79 Å². The second-order valence-electron chi connectivity index (χ2n) is 6.65. The van der Waals surface area contributed by atoms with Gasteiger partial charge in [-0.15, -0.1) is 0 Å². The van der Waals surface area contributed by atoms with Crippen LogP contribution in [0.3, 0.4) is 0 Å². The quantitative estimate of drug-likeness (QED) is 0.467. The SMILES string of the molecule is O=C(Cc1coc(-c2ccccc2)n1)NC(c1ccccc1)c1cccc(Cl)c1. The lowest BCUT2D eigenvalue weighted by Crippen LogP contribution is -2.30. The van der Waals surface area contributed by atoms with Crippen LogP contribution >= 0.6 is 11.6 Å². The van der Waals surface area contributed by atoms with Crippen molar-refractivity contribution in [3.05, 3.63) is 113 Å². The molecule has 5 heteroatoms. The first kappa shape index (κ1) is 19.0. The van der Waals surface area contributed by atoms with Crippen molar-refractivity contribution in [2.75, 3.05) is 0 Å². The first-order valence-electron chi connectivity index (χ1n) is 9.28. The van der Waals surface area contributed by atoms with E-state index in [-0.39, 0.29) is 18.4 Å². The van der Waals surface area contributed by atoms with Crippen LogP contribution in [-0.2, 0) is 11.2 Å². The first-order chi connectivity index (χ1) is 14.2. The minimum absolute atomic E-state index is 0.125. The smallest absolute Gasteiger partial charge is 0.226 e. The van der Waals surface area contributed by atoms with Gasteiger partial charge in [0.25, 0.3) is 0 Å². The van der Waals surface area contributed by atoms with Crippen LogP contribution in [0, 0.1) is 0 Å². The van der Waals surface area contributed by atoms with Crippen molar-refractivity contribution >= 4 is 17.5 Å². The molecule has 0 spiro atoms. The molecule has 4 rings (SSSR count). The van der Waals surface area contributed by atoms with Crippen molar-refractivity contribution < 1.29 is 9.21 Å². The number of rotatable bonds is 6. The lowest BCUT2D eigenvalue weighted by molar-refractivity contribution is -0.121. The molecule has 0 saturated carbocycles. The summed E-state index contributed by atoms with van der Waals surface area (Å²) in [6, 6.07) is 26.6. The molecule has 0 radical (unpaired) electrons. The molecule has 0 aliphatic rings. The van der Waals surface area contributed by atoms with Crippen molar-refractivity contribution in [3.63, 3.8) is 0 Å². The summed E-state index contributed by atoms with van der Waals surface area (Å²) in [4.78, 5) is 17.2. The van der Waals surface area contributed by atoms with Gasteiger partial charge < -0.3 is 9.73 Å². The zero-order valence-corrected chi connectivity index (χ0v) is 16.3. The molecule has 3 aromatic carbocycles. The number of hydrogen-bond donors (Lipinski definition) is 1. The van der Waals surface area contributed by atoms with Crippen LogP contribution in [0.5, 0.6) is 0 Å². The van der Waals surface area contributed by atoms with Crippen molar-refractivity contribution in [1.82, 2.24) is 10.3 Å². The van der Waals surface area contributed by atoms with Gasteiger partial charge in [-0.25, -0.2) is 4.98 Å². The van der Waals surface area contributed by atoms with E-state index in [2.05, 4.69) is 10.3 Å². The van der Waals surface area contributed by atoms with Gasteiger partial charge in [-0.1, -0.05) is 72.3 Å². The molecule has 1 amide bonds. The topological polar surface area (TPSA) is 55.1 Å². The van der Waals surface area contributed by atoms with Crippen molar-refractivity contribution in [3.8, 4) is 11.5 Å². The van der Waals surface area contributed by atoms with Crippen LogP contribution in [-0.4, -0.2) is 10.9 Å². The lowest BCUT2D eigenvalue weighted by atomic mass is 9.98. The Morgan fingerprint density at radius 3 is 2.34 bits per heavy atom. The molecule has 1 aromatic heterocycles. The molecule has 0 fully saturated rings. The number of oxazole rings is 1. The van der Waals surface area contributed by atoms with E-state index >= 15 is 0 Å². The number of amides is 1. The number of halogens is 1. The third-order valence-electron chi connectivity index (χ3n) is 4.53. The van der Waals surface area contributed by atoms with Gasteiger partial charge in [0.1, 0.15) is 6.26 Å². The third kappa shape index (κ3) is 4.73. The maximum Gasteiger partial charge on any atom is 0.226 e. The van der Waals surface area contributed by atoms with Gasteiger partial charge in [0.05, 0.1) is 18.2 Å². The molecular weight excluding hydrogens is 384 g/mol. The van der Waals surface area contributed by atoms with Crippen LogP contribution < -0.4 is 5.32 Å². The van der Waals surface area contributed by atoms with E-state index in [1.165, 1.54) is 6.26 Å². The molecule has 0 aliphatic heterocycles. The second kappa shape index (κ2) is 8.76. The van der Waals surface area contributed by atoms with Crippen LogP contribution in [0.1, 0.15) is 22.9 Å². The highest BCUT2D eigenvalue weighted by molar-refractivity contribution is 6.30. The van der Waals surface area contributed by atoms with Crippen LogP contribution in [0.4, 0.5) is 0 Å². The minimum Gasteiger partial charge on any atom is -0.444 e. The van der Waals surface area contributed by atoms with E-state index in [1.807, 2.05) is 84.9 Å². The summed E-state index contributed by atoms with van der Waals surface area (Å²) in [5.74, 6) is 0.356. The number of nitrogens with zero attached hydrogens (tertiary/aromatic N) is 1. The number of carbonyl (C=O) groups is 1. The Labute approximate surface area is 174 Å². The minimum atomic E-state index is -0.303. The molecule has 144 valence electrons. The van der Waals surface area contributed by atoms with Gasteiger partial charge in [-0.05, 0) is 35.4 Å². The number of carbonyl (C=O) groups excluding carboxylic acids is 1. The van der Waals surface area contributed by atoms with Gasteiger partial charge in [0, 0.05) is 10.6 Å². The van der Waals surface area contributed by atoms with E-state index in [4.69, 9.17) is 16.0 Å². The highest BCUT2D eigenvalue weighted by atomic mass is 35.5. The highest BCUT2D eigenvalue weighted by Gasteiger charge is 2.18. The number of aromatic nitrogens is 1. The van der Waals surface area contributed by atoms with E-state index in [1.54, 1.807) is 0 Å². The van der Waals surface area contributed by atoms with Gasteiger partial charge in [0.2, 0.25) is 11.8 Å². The molecule has 0 aliphatic carbocycles. The van der Waals surface area contributed by atoms with Gasteiger partial charge >= 0.3 is 0 Å². The fourth-order valence-corrected chi connectivity index (χ4v) is 3.37. The number of hydrogen-bond acceptors (Lipinski definition) is 3. The molecule has 1 heterocycles. The Morgan fingerprint density at radius 1 is 0.931 bits per heavy atom. The average Bonchev–Trinajstić information content (AvgIpc) is 3.22. The molecule has 4 aromatic rings. The largest absolute Gasteiger partial charge is 0.444 e. The van der Waals surface area contributed by atoms with E-state index < -0.39 is 0 Å². The summed E-state index contributed by atoms with van der Waals surface area (Å²) in [6.07, 6.45) is 1.65. The van der Waals surface area contributed by atoms with Crippen LogP contribution in [0.2, 0.25) is 5.02 Å². The van der Waals surface area contributed by atoms with E-state index in [0.29, 0.717) is 16.6 Å². The monoisotopic (exact) mass is 402 g/mol. The maximum atomic E-state index is 12.8. The standard InChI is InChI=1S/C24H19ClN2O2/c25-20-13-7-12-19(14-20)23(17-8-3-1-4-9-17)27-22(28)15-21-16-29-24(26-21)18-10-5-2-6-11-18/h1-14,16,23H,15H2,(H,27,28). The molecule has 0 bridgehead atoms. The zero-order chi connectivity index (χ0) is 20.1. The van der Waals surface area contributed by atoms with Gasteiger partial charge in [0.15, 0.2) is 0 Å². The number of benzene rings is 3. The third-order valence-corrected chi connectivity index (χ3v) is 4.77. The van der Waals surface area contributed by atoms with Crippen molar-refractivity contribution in [1.29, 1.82) is 0 Å². The van der Waals surface area contributed by atoms with E-state index in [9.17, 15) is 4.79 Å². The summed E-state index contributed by atoms with van der Waals surface area (Å²) in [5.41, 5.74) is 3.36. The summed E-state index contributed by atoms with van der Waals surface area (Å²) in [6.45, 7) is 0. The Bertz CT molecular complexity index is 1090.